The van der Waals surface area contributed by atoms with Crippen molar-refractivity contribution in [1.82, 2.24) is 10.1 Å². The zero-order valence-corrected chi connectivity index (χ0v) is 15.1. The van der Waals surface area contributed by atoms with Crippen LogP contribution in [0.25, 0.3) is 22.2 Å². The topological polar surface area (TPSA) is 68.0 Å². The first kappa shape index (κ1) is 17.2. The highest BCUT2D eigenvalue weighted by Gasteiger charge is 2.13. The first-order chi connectivity index (χ1) is 13.2. The Morgan fingerprint density at radius 3 is 2.67 bits per heavy atom. The van der Waals surface area contributed by atoms with Crippen molar-refractivity contribution in [3.05, 3.63) is 77.6 Å². The fourth-order valence-corrected chi connectivity index (χ4v) is 3.10. The molecule has 0 aliphatic heterocycles. The Bertz CT molecular complexity index is 1100. The Labute approximate surface area is 161 Å². The summed E-state index contributed by atoms with van der Waals surface area (Å²) >= 11 is 6.15. The molecule has 1 N–H and O–H groups in total. The van der Waals surface area contributed by atoms with Gasteiger partial charge in [0, 0.05) is 29.5 Å². The molecule has 0 radical (unpaired) electrons. The molecule has 4 aromatic rings. The van der Waals surface area contributed by atoms with Gasteiger partial charge in [0.2, 0.25) is 17.6 Å². The Morgan fingerprint density at radius 2 is 1.78 bits per heavy atom. The van der Waals surface area contributed by atoms with Gasteiger partial charge in [-0.1, -0.05) is 65.3 Å². The summed E-state index contributed by atoms with van der Waals surface area (Å²) in [6, 6.07) is 21.0. The molecule has 0 atom stereocenters. The fourth-order valence-electron chi connectivity index (χ4n) is 2.88. The van der Waals surface area contributed by atoms with Gasteiger partial charge < -0.3 is 9.84 Å². The molecule has 3 aromatic carbocycles. The summed E-state index contributed by atoms with van der Waals surface area (Å²) in [5.41, 5.74) is 1.50. The molecule has 0 unspecified atom stereocenters. The minimum atomic E-state index is -0.108. The summed E-state index contributed by atoms with van der Waals surface area (Å²) in [6.45, 7) is 0. The molecule has 6 heteroatoms. The van der Waals surface area contributed by atoms with Gasteiger partial charge >= 0.3 is 0 Å². The zero-order valence-electron chi connectivity index (χ0n) is 14.4. The van der Waals surface area contributed by atoms with Crippen molar-refractivity contribution in [3.8, 4) is 11.4 Å². The number of fused-ring (bicyclic) bond motifs is 1. The van der Waals surface area contributed by atoms with Crippen molar-refractivity contribution < 1.29 is 9.32 Å². The molecule has 0 aliphatic carbocycles. The summed E-state index contributed by atoms with van der Waals surface area (Å²) in [7, 11) is 0. The number of hydrogen-bond acceptors (Lipinski definition) is 4. The van der Waals surface area contributed by atoms with E-state index in [1.165, 1.54) is 0 Å². The maximum atomic E-state index is 12.3. The molecular weight excluding hydrogens is 362 g/mol. The van der Waals surface area contributed by atoms with Crippen molar-refractivity contribution >= 4 is 34.0 Å². The van der Waals surface area contributed by atoms with Crippen LogP contribution in [0.4, 0.5) is 5.69 Å². The summed E-state index contributed by atoms with van der Waals surface area (Å²) in [4.78, 5) is 16.7. The fraction of sp³-hybridized carbons (Fsp3) is 0.0952. The number of nitrogens with one attached hydrogen (secondary N) is 1. The number of hydrogen-bond donors (Lipinski definition) is 1. The number of nitrogens with zero attached hydrogens (tertiary/aromatic N) is 2. The summed E-state index contributed by atoms with van der Waals surface area (Å²) in [5, 5.41) is 9.54. The highest BCUT2D eigenvalue weighted by atomic mass is 35.5. The molecule has 1 aromatic heterocycles. The van der Waals surface area contributed by atoms with Gasteiger partial charge in [0.1, 0.15) is 0 Å². The van der Waals surface area contributed by atoms with Gasteiger partial charge in [-0.15, -0.1) is 0 Å². The van der Waals surface area contributed by atoms with E-state index < -0.39 is 0 Å². The molecule has 0 aliphatic rings. The van der Waals surface area contributed by atoms with Gasteiger partial charge in [0.25, 0.3) is 0 Å². The smallest absolute Gasteiger partial charge is 0.227 e. The van der Waals surface area contributed by atoms with Crippen LogP contribution in [0.1, 0.15) is 12.3 Å². The SMILES string of the molecule is O=C(CCc1nc(-c2ccccc2Cl)no1)Nc1cccc2ccccc12. The van der Waals surface area contributed by atoms with E-state index in [4.69, 9.17) is 16.1 Å². The number of benzene rings is 3. The molecule has 1 heterocycles. The van der Waals surface area contributed by atoms with Crippen molar-refractivity contribution in [3.63, 3.8) is 0 Å². The van der Waals surface area contributed by atoms with Crippen LogP contribution in [0.5, 0.6) is 0 Å². The van der Waals surface area contributed by atoms with E-state index in [2.05, 4.69) is 15.5 Å². The van der Waals surface area contributed by atoms with E-state index in [0.717, 1.165) is 16.5 Å². The number of carbonyl (C=O) groups is 1. The molecular formula is C21H16ClN3O2. The monoisotopic (exact) mass is 377 g/mol. The largest absolute Gasteiger partial charge is 0.339 e. The zero-order chi connectivity index (χ0) is 18.6. The summed E-state index contributed by atoms with van der Waals surface area (Å²) in [6.07, 6.45) is 0.599. The lowest BCUT2D eigenvalue weighted by atomic mass is 10.1. The normalized spacial score (nSPS) is 10.9. The average Bonchev–Trinajstić information content (AvgIpc) is 3.16. The molecule has 0 saturated carbocycles. The van der Waals surface area contributed by atoms with Crippen molar-refractivity contribution in [1.29, 1.82) is 0 Å². The highest BCUT2D eigenvalue weighted by Crippen LogP contribution is 2.25. The lowest BCUT2D eigenvalue weighted by molar-refractivity contribution is -0.116. The maximum Gasteiger partial charge on any atom is 0.227 e. The lowest BCUT2D eigenvalue weighted by Crippen LogP contribution is -2.12. The molecule has 0 fully saturated rings. The van der Waals surface area contributed by atoms with Crippen molar-refractivity contribution in [2.24, 2.45) is 0 Å². The second kappa shape index (κ2) is 7.60. The number of aryl methyl sites for hydroxylation is 1. The van der Waals surface area contributed by atoms with Crippen LogP contribution in [0.3, 0.4) is 0 Å². The predicted octanol–water partition coefficient (Wildman–Crippen LogP) is 5.11. The van der Waals surface area contributed by atoms with E-state index >= 15 is 0 Å². The van der Waals surface area contributed by atoms with Crippen molar-refractivity contribution in [2.45, 2.75) is 12.8 Å². The first-order valence-electron chi connectivity index (χ1n) is 8.56. The Balaban J connectivity index is 1.42. The first-order valence-corrected chi connectivity index (χ1v) is 8.93. The van der Waals surface area contributed by atoms with E-state index in [0.29, 0.717) is 28.7 Å². The van der Waals surface area contributed by atoms with Crippen LogP contribution in [-0.2, 0) is 11.2 Å². The number of halogens is 1. The third-order valence-electron chi connectivity index (χ3n) is 4.21. The van der Waals surface area contributed by atoms with E-state index in [1.54, 1.807) is 6.07 Å². The number of rotatable bonds is 5. The van der Waals surface area contributed by atoms with Crippen LogP contribution in [-0.4, -0.2) is 16.0 Å². The van der Waals surface area contributed by atoms with Gasteiger partial charge in [0.05, 0.1) is 5.02 Å². The molecule has 5 nitrogen and oxygen atoms in total. The quantitative estimate of drug-likeness (QED) is 0.524. The average molecular weight is 378 g/mol. The molecule has 1 amide bonds. The Morgan fingerprint density at radius 1 is 1.00 bits per heavy atom. The predicted molar refractivity (Wildman–Crippen MR) is 106 cm³/mol. The number of anilines is 1. The Hall–Kier alpha value is -3.18. The van der Waals surface area contributed by atoms with E-state index in [-0.39, 0.29) is 12.3 Å². The van der Waals surface area contributed by atoms with Gasteiger partial charge in [0.15, 0.2) is 0 Å². The van der Waals surface area contributed by atoms with Crippen LogP contribution in [0.2, 0.25) is 5.02 Å². The molecule has 27 heavy (non-hydrogen) atoms. The third kappa shape index (κ3) is 3.83. The van der Waals surface area contributed by atoms with Gasteiger partial charge in [-0.25, -0.2) is 0 Å². The molecule has 134 valence electrons. The third-order valence-corrected chi connectivity index (χ3v) is 4.54. The van der Waals surface area contributed by atoms with Crippen LogP contribution in [0.15, 0.2) is 71.3 Å². The highest BCUT2D eigenvalue weighted by molar-refractivity contribution is 6.33. The van der Waals surface area contributed by atoms with Gasteiger partial charge in [-0.05, 0) is 23.6 Å². The molecule has 0 bridgehead atoms. The lowest BCUT2D eigenvalue weighted by Gasteiger charge is -2.08. The second-order valence-corrected chi connectivity index (χ2v) is 6.47. The summed E-state index contributed by atoms with van der Waals surface area (Å²) in [5.74, 6) is 0.715. The van der Waals surface area contributed by atoms with Crippen LogP contribution >= 0.6 is 11.6 Å². The van der Waals surface area contributed by atoms with Crippen LogP contribution < -0.4 is 5.32 Å². The minimum Gasteiger partial charge on any atom is -0.339 e. The van der Waals surface area contributed by atoms with E-state index in [9.17, 15) is 4.79 Å². The Kier molecular flexibility index (Phi) is 4.85. The summed E-state index contributed by atoms with van der Waals surface area (Å²) < 4.78 is 5.25. The minimum absolute atomic E-state index is 0.108. The maximum absolute atomic E-state index is 12.3. The number of amides is 1. The van der Waals surface area contributed by atoms with Gasteiger partial charge in [-0.3, -0.25) is 4.79 Å². The molecule has 0 spiro atoms. The molecule has 4 rings (SSSR count). The van der Waals surface area contributed by atoms with E-state index in [1.807, 2.05) is 60.7 Å². The number of aromatic nitrogens is 2. The van der Waals surface area contributed by atoms with Crippen molar-refractivity contribution in [2.75, 3.05) is 5.32 Å². The molecule has 0 saturated heterocycles. The van der Waals surface area contributed by atoms with Crippen LogP contribution in [0, 0.1) is 0 Å². The van der Waals surface area contributed by atoms with Gasteiger partial charge in [-0.2, -0.15) is 4.98 Å². The second-order valence-electron chi connectivity index (χ2n) is 6.07. The number of carbonyl (C=O) groups excluding carboxylic acids is 1. The standard InChI is InChI=1S/C21H16ClN3O2/c22-17-10-4-3-9-16(17)21-24-20(27-25-21)13-12-19(26)23-18-11-5-7-14-6-1-2-8-15(14)18/h1-11H,12-13H2,(H,23,26).